The van der Waals surface area contributed by atoms with Crippen LogP contribution in [-0.4, -0.2) is 27.0 Å². The fourth-order valence-electron chi connectivity index (χ4n) is 4.30. The van der Waals surface area contributed by atoms with Crippen molar-refractivity contribution in [3.63, 3.8) is 0 Å². The van der Waals surface area contributed by atoms with E-state index in [0.717, 1.165) is 39.8 Å². The first-order chi connectivity index (χ1) is 14.8. The SMILES string of the molecule is C[C@]1(c2ccc(O)cc2)CSc2cc(O)ccc2[C@H]1Cc1cccc(/C=C/C(=O)O)c1. The van der Waals surface area contributed by atoms with E-state index < -0.39 is 5.97 Å². The Labute approximate surface area is 185 Å². The molecule has 1 heterocycles. The highest BCUT2D eigenvalue weighted by Gasteiger charge is 2.41. The molecule has 3 N–H and O–H groups in total. The first-order valence-electron chi connectivity index (χ1n) is 10.1. The number of carbonyl (C=O) groups is 1. The molecule has 0 saturated heterocycles. The van der Waals surface area contributed by atoms with Crippen LogP contribution in [0.15, 0.2) is 77.7 Å². The standard InChI is InChI=1S/C26H24O4S/c1-26(19-6-8-20(27)9-7-19)16-31-24-15-21(28)10-11-22(24)23(26)14-18-4-2-3-17(13-18)5-12-25(29)30/h2-13,15,23,27-28H,14,16H2,1H3,(H,29,30)/b12-5+/t23-,26-/m1/s1. The monoisotopic (exact) mass is 432 g/mol. The highest BCUT2D eigenvalue weighted by Crippen LogP contribution is 2.52. The first kappa shape index (κ1) is 21.1. The van der Waals surface area contributed by atoms with E-state index in [1.165, 1.54) is 5.56 Å². The molecule has 3 aromatic carbocycles. The van der Waals surface area contributed by atoms with Crippen LogP contribution in [0, 0.1) is 0 Å². The van der Waals surface area contributed by atoms with E-state index in [1.807, 2.05) is 42.5 Å². The van der Waals surface area contributed by atoms with Crippen LogP contribution in [0.5, 0.6) is 11.5 Å². The van der Waals surface area contributed by atoms with Gasteiger partial charge in [-0.25, -0.2) is 4.79 Å². The second-order valence-corrected chi connectivity index (χ2v) is 9.17. The predicted molar refractivity (Wildman–Crippen MR) is 124 cm³/mol. The van der Waals surface area contributed by atoms with Gasteiger partial charge >= 0.3 is 5.97 Å². The summed E-state index contributed by atoms with van der Waals surface area (Å²) in [7, 11) is 0. The number of rotatable bonds is 5. The van der Waals surface area contributed by atoms with E-state index in [4.69, 9.17) is 5.11 Å². The molecule has 158 valence electrons. The first-order valence-corrected chi connectivity index (χ1v) is 11.1. The molecule has 0 bridgehead atoms. The molecular formula is C26H24O4S. The maximum absolute atomic E-state index is 10.9. The Kier molecular flexibility index (Phi) is 5.79. The predicted octanol–water partition coefficient (Wildman–Crippen LogP) is 5.59. The number of carboxylic acids is 1. The third-order valence-corrected chi connectivity index (χ3v) is 7.41. The number of hydrogen-bond acceptors (Lipinski definition) is 4. The van der Waals surface area contributed by atoms with Crippen LogP contribution in [0.25, 0.3) is 6.08 Å². The summed E-state index contributed by atoms with van der Waals surface area (Å²) in [5.41, 5.74) is 4.13. The molecule has 0 aromatic heterocycles. The maximum Gasteiger partial charge on any atom is 0.328 e. The van der Waals surface area contributed by atoms with Crippen molar-refractivity contribution >= 4 is 23.8 Å². The average molecular weight is 433 g/mol. The maximum atomic E-state index is 10.9. The Bertz CT molecular complexity index is 1140. The van der Waals surface area contributed by atoms with Gasteiger partial charge in [0, 0.05) is 22.1 Å². The van der Waals surface area contributed by atoms with Crippen LogP contribution in [0.4, 0.5) is 0 Å². The number of hydrogen-bond donors (Lipinski definition) is 3. The van der Waals surface area contributed by atoms with E-state index >= 15 is 0 Å². The van der Waals surface area contributed by atoms with Gasteiger partial charge in [0.05, 0.1) is 0 Å². The van der Waals surface area contributed by atoms with Crippen molar-refractivity contribution in [2.75, 3.05) is 5.75 Å². The van der Waals surface area contributed by atoms with E-state index in [2.05, 4.69) is 13.0 Å². The summed E-state index contributed by atoms with van der Waals surface area (Å²) in [6.07, 6.45) is 3.52. The lowest BCUT2D eigenvalue weighted by molar-refractivity contribution is -0.131. The van der Waals surface area contributed by atoms with Gasteiger partial charge in [0.25, 0.3) is 0 Å². The fourth-order valence-corrected chi connectivity index (χ4v) is 5.70. The molecule has 0 amide bonds. The van der Waals surface area contributed by atoms with E-state index in [-0.39, 0.29) is 22.8 Å². The molecule has 2 atom stereocenters. The van der Waals surface area contributed by atoms with Crippen LogP contribution < -0.4 is 0 Å². The molecular weight excluding hydrogens is 408 g/mol. The molecule has 0 spiro atoms. The Balaban J connectivity index is 1.76. The zero-order valence-electron chi connectivity index (χ0n) is 17.2. The molecule has 5 heteroatoms. The van der Waals surface area contributed by atoms with Crippen molar-refractivity contribution in [1.82, 2.24) is 0 Å². The van der Waals surface area contributed by atoms with Crippen molar-refractivity contribution in [3.8, 4) is 11.5 Å². The third kappa shape index (κ3) is 4.47. The van der Waals surface area contributed by atoms with E-state index in [1.54, 1.807) is 36.0 Å². The largest absolute Gasteiger partial charge is 0.508 e. The zero-order valence-corrected chi connectivity index (χ0v) is 18.0. The summed E-state index contributed by atoms with van der Waals surface area (Å²) >= 11 is 1.74. The number of phenols is 2. The second kappa shape index (κ2) is 8.52. The topological polar surface area (TPSA) is 77.8 Å². The van der Waals surface area contributed by atoms with Gasteiger partial charge in [-0.15, -0.1) is 11.8 Å². The summed E-state index contributed by atoms with van der Waals surface area (Å²) in [5, 5.41) is 28.7. The number of benzene rings is 3. The zero-order chi connectivity index (χ0) is 22.0. The number of thioether (sulfide) groups is 1. The molecule has 0 saturated carbocycles. The molecule has 1 aliphatic heterocycles. The fraction of sp³-hybridized carbons (Fsp3) is 0.192. The van der Waals surface area contributed by atoms with Gasteiger partial charge in [-0.05, 0) is 64.9 Å². The van der Waals surface area contributed by atoms with Crippen molar-refractivity contribution in [2.45, 2.75) is 29.6 Å². The van der Waals surface area contributed by atoms with E-state index in [0.29, 0.717) is 0 Å². The van der Waals surface area contributed by atoms with Crippen LogP contribution in [0.2, 0.25) is 0 Å². The number of phenolic OH excluding ortho intramolecular Hbond substituents is 2. The van der Waals surface area contributed by atoms with Crippen LogP contribution >= 0.6 is 11.8 Å². The quantitative estimate of drug-likeness (QED) is 0.459. The summed E-state index contributed by atoms with van der Waals surface area (Å²) in [6, 6.07) is 20.9. The Morgan fingerprint density at radius 3 is 2.55 bits per heavy atom. The number of aromatic hydroxyl groups is 2. The minimum atomic E-state index is -0.969. The molecule has 4 rings (SSSR count). The Morgan fingerprint density at radius 1 is 1.06 bits per heavy atom. The van der Waals surface area contributed by atoms with Crippen LogP contribution in [0.1, 0.15) is 35.1 Å². The minimum absolute atomic E-state index is 0.146. The van der Waals surface area contributed by atoms with Crippen molar-refractivity contribution in [2.24, 2.45) is 0 Å². The number of fused-ring (bicyclic) bond motifs is 1. The minimum Gasteiger partial charge on any atom is -0.508 e. The lowest BCUT2D eigenvalue weighted by Crippen LogP contribution is -2.37. The average Bonchev–Trinajstić information content (AvgIpc) is 2.75. The van der Waals surface area contributed by atoms with Crippen LogP contribution in [0.3, 0.4) is 0 Å². The third-order valence-electron chi connectivity index (χ3n) is 6.01. The highest BCUT2D eigenvalue weighted by atomic mass is 32.2. The lowest BCUT2D eigenvalue weighted by Gasteiger charge is -2.43. The van der Waals surface area contributed by atoms with E-state index in [9.17, 15) is 15.0 Å². The van der Waals surface area contributed by atoms with Gasteiger partial charge in [-0.2, -0.15) is 0 Å². The second-order valence-electron chi connectivity index (χ2n) is 8.15. The van der Waals surface area contributed by atoms with Gasteiger partial charge in [0.15, 0.2) is 0 Å². The molecule has 3 aromatic rings. The van der Waals surface area contributed by atoms with Crippen molar-refractivity contribution in [1.29, 1.82) is 0 Å². The highest BCUT2D eigenvalue weighted by molar-refractivity contribution is 7.99. The molecule has 4 nitrogen and oxygen atoms in total. The number of aliphatic carboxylic acids is 1. The molecule has 1 aliphatic rings. The Hall–Kier alpha value is -3.18. The molecule has 0 radical (unpaired) electrons. The van der Waals surface area contributed by atoms with Gasteiger partial charge in [-0.1, -0.05) is 49.4 Å². The van der Waals surface area contributed by atoms with Gasteiger partial charge < -0.3 is 15.3 Å². The summed E-state index contributed by atoms with van der Waals surface area (Å²) in [4.78, 5) is 12.0. The molecule has 0 unspecified atom stereocenters. The van der Waals surface area contributed by atoms with Gasteiger partial charge in [0.1, 0.15) is 11.5 Å². The Morgan fingerprint density at radius 2 is 1.81 bits per heavy atom. The summed E-state index contributed by atoms with van der Waals surface area (Å²) < 4.78 is 0. The van der Waals surface area contributed by atoms with Gasteiger partial charge in [0.2, 0.25) is 0 Å². The summed E-state index contributed by atoms with van der Waals surface area (Å²) in [6.45, 7) is 2.25. The van der Waals surface area contributed by atoms with Gasteiger partial charge in [-0.3, -0.25) is 0 Å². The summed E-state index contributed by atoms with van der Waals surface area (Å²) in [5.74, 6) is 0.530. The molecule has 0 aliphatic carbocycles. The normalized spacial score (nSPS) is 20.5. The molecule has 31 heavy (non-hydrogen) atoms. The van der Waals surface area contributed by atoms with Crippen molar-refractivity contribution in [3.05, 3.63) is 95.1 Å². The van der Waals surface area contributed by atoms with Crippen molar-refractivity contribution < 1.29 is 20.1 Å². The van der Waals surface area contributed by atoms with Crippen LogP contribution in [-0.2, 0) is 16.6 Å². The smallest absolute Gasteiger partial charge is 0.328 e. The lowest BCUT2D eigenvalue weighted by atomic mass is 9.67. The molecule has 0 fully saturated rings. The number of carboxylic acid groups (broad SMARTS) is 1.